The van der Waals surface area contributed by atoms with Gasteiger partial charge in [-0.1, -0.05) is 12.1 Å². The fraction of sp³-hybridized carbons (Fsp3) is 0.467. The van der Waals surface area contributed by atoms with Crippen LogP contribution in [0.3, 0.4) is 0 Å². The average molecular weight is 324 g/mol. The maximum Gasteiger partial charge on any atom is 0.254 e. The maximum absolute atomic E-state index is 12.6. The van der Waals surface area contributed by atoms with Crippen molar-refractivity contribution >= 4 is 21.7 Å². The molecule has 1 N–H and O–H groups in total. The Kier molecular flexibility index (Phi) is 4.85. The quantitative estimate of drug-likeness (QED) is 0.878. The van der Waals surface area contributed by atoms with E-state index in [1.807, 2.05) is 0 Å². The van der Waals surface area contributed by atoms with Crippen molar-refractivity contribution in [1.82, 2.24) is 10.2 Å². The first-order chi connectivity index (χ1) is 10.3. The van der Waals surface area contributed by atoms with Gasteiger partial charge in [0, 0.05) is 25.4 Å². The fourth-order valence-corrected chi connectivity index (χ4v) is 3.50. The van der Waals surface area contributed by atoms with E-state index in [2.05, 4.69) is 5.32 Å². The molecule has 1 fully saturated rings. The van der Waals surface area contributed by atoms with Gasteiger partial charge in [-0.2, -0.15) is 0 Å². The summed E-state index contributed by atoms with van der Waals surface area (Å²) < 4.78 is 22.7. The second-order valence-electron chi connectivity index (χ2n) is 5.54. The first kappa shape index (κ1) is 16.5. The lowest BCUT2D eigenvalue weighted by Gasteiger charge is -2.23. The van der Waals surface area contributed by atoms with Crippen molar-refractivity contribution in [2.24, 2.45) is 0 Å². The van der Waals surface area contributed by atoms with Crippen LogP contribution in [0.25, 0.3) is 0 Å². The minimum atomic E-state index is -3.16. The predicted molar refractivity (Wildman–Crippen MR) is 83.1 cm³/mol. The zero-order valence-corrected chi connectivity index (χ0v) is 13.5. The monoisotopic (exact) mass is 324 g/mol. The molecule has 7 heteroatoms. The Morgan fingerprint density at radius 2 is 2.09 bits per heavy atom. The second kappa shape index (κ2) is 6.48. The molecule has 22 heavy (non-hydrogen) atoms. The summed E-state index contributed by atoms with van der Waals surface area (Å²) in [5.41, 5.74) is 0.987. The number of nitrogens with zero attached hydrogens (tertiary/aromatic N) is 1. The number of likely N-dealkylation sites (N-methyl/N-ethyl adjacent to an activating group) is 1. The number of benzene rings is 1. The largest absolute Gasteiger partial charge is 0.357 e. The highest BCUT2D eigenvalue weighted by atomic mass is 32.2. The van der Waals surface area contributed by atoms with E-state index in [-0.39, 0.29) is 17.6 Å². The van der Waals surface area contributed by atoms with Crippen molar-refractivity contribution in [2.75, 3.05) is 19.8 Å². The highest BCUT2D eigenvalue weighted by Gasteiger charge is 2.33. The van der Waals surface area contributed by atoms with Gasteiger partial charge < -0.3 is 10.2 Å². The normalized spacial score (nSPS) is 18.3. The summed E-state index contributed by atoms with van der Waals surface area (Å²) in [4.78, 5) is 26.0. The number of carbonyl (C=O) groups is 2. The van der Waals surface area contributed by atoms with E-state index < -0.39 is 15.9 Å². The summed E-state index contributed by atoms with van der Waals surface area (Å²) in [6.07, 6.45) is 2.59. The van der Waals surface area contributed by atoms with Crippen LogP contribution in [0, 0.1) is 0 Å². The van der Waals surface area contributed by atoms with Crippen molar-refractivity contribution in [3.8, 4) is 0 Å². The number of sulfone groups is 1. The Morgan fingerprint density at radius 1 is 1.36 bits per heavy atom. The molecular weight excluding hydrogens is 304 g/mol. The third-order valence-electron chi connectivity index (χ3n) is 3.67. The molecule has 0 aromatic heterocycles. The van der Waals surface area contributed by atoms with Crippen LogP contribution >= 0.6 is 0 Å². The fourth-order valence-electron chi connectivity index (χ4n) is 2.71. The highest BCUT2D eigenvalue weighted by molar-refractivity contribution is 7.89. The molecule has 1 aliphatic heterocycles. The average Bonchev–Trinajstić information content (AvgIpc) is 2.93. The molecule has 1 heterocycles. The van der Waals surface area contributed by atoms with E-state index in [4.69, 9.17) is 0 Å². The van der Waals surface area contributed by atoms with E-state index in [1.54, 1.807) is 36.2 Å². The molecule has 120 valence electrons. The summed E-state index contributed by atoms with van der Waals surface area (Å²) in [5, 5.41) is 2.57. The van der Waals surface area contributed by atoms with Gasteiger partial charge in [-0.3, -0.25) is 9.59 Å². The van der Waals surface area contributed by atoms with Crippen LogP contribution in [0.1, 0.15) is 28.8 Å². The van der Waals surface area contributed by atoms with Gasteiger partial charge in [0.25, 0.3) is 5.91 Å². The first-order valence-electron chi connectivity index (χ1n) is 7.11. The van der Waals surface area contributed by atoms with E-state index in [0.29, 0.717) is 24.1 Å². The van der Waals surface area contributed by atoms with Gasteiger partial charge >= 0.3 is 0 Å². The first-order valence-corrected chi connectivity index (χ1v) is 9.17. The summed E-state index contributed by atoms with van der Waals surface area (Å²) in [7, 11) is -1.60. The summed E-state index contributed by atoms with van der Waals surface area (Å²) in [6, 6.07) is 6.13. The van der Waals surface area contributed by atoms with Crippen LogP contribution in [-0.4, -0.2) is 51.0 Å². The number of hydrogen-bond acceptors (Lipinski definition) is 4. The van der Waals surface area contributed by atoms with Gasteiger partial charge in [-0.05, 0) is 30.5 Å². The summed E-state index contributed by atoms with van der Waals surface area (Å²) in [6.45, 7) is 0.535. The van der Waals surface area contributed by atoms with Gasteiger partial charge in [-0.25, -0.2) is 8.42 Å². The number of rotatable bonds is 4. The summed E-state index contributed by atoms with van der Waals surface area (Å²) in [5.74, 6) is -0.507. The van der Waals surface area contributed by atoms with Crippen LogP contribution < -0.4 is 5.32 Å². The van der Waals surface area contributed by atoms with Crippen LogP contribution in [0.15, 0.2) is 24.3 Å². The Hall–Kier alpha value is -1.89. The number of amides is 2. The van der Waals surface area contributed by atoms with Gasteiger partial charge in [0.05, 0.1) is 5.75 Å². The molecule has 2 amide bonds. The van der Waals surface area contributed by atoms with E-state index in [9.17, 15) is 18.0 Å². The van der Waals surface area contributed by atoms with Crippen molar-refractivity contribution in [1.29, 1.82) is 0 Å². The molecule has 0 aliphatic carbocycles. The predicted octanol–water partition coefficient (Wildman–Crippen LogP) is 0.582. The Labute approximate surface area is 130 Å². The molecule has 1 atom stereocenters. The minimum absolute atomic E-state index is 0.104. The van der Waals surface area contributed by atoms with Crippen molar-refractivity contribution in [2.45, 2.75) is 24.6 Å². The molecule has 1 aromatic carbocycles. The standard InChI is InChI=1S/C15H20N2O4S/c1-16-14(18)13-7-4-8-17(13)15(19)12-6-3-5-11(9-12)10-22(2,20)21/h3,5-6,9,13H,4,7-8,10H2,1-2H3,(H,16,18). The van der Waals surface area contributed by atoms with Crippen LogP contribution in [0.5, 0.6) is 0 Å². The zero-order chi connectivity index (χ0) is 16.3. The molecule has 2 rings (SSSR count). The SMILES string of the molecule is CNC(=O)C1CCCN1C(=O)c1cccc(CS(C)(=O)=O)c1. The lowest BCUT2D eigenvalue weighted by atomic mass is 10.1. The Balaban J connectivity index is 2.22. The molecule has 1 aliphatic rings. The minimum Gasteiger partial charge on any atom is -0.357 e. The van der Waals surface area contributed by atoms with Crippen LogP contribution in [0.4, 0.5) is 0 Å². The zero-order valence-electron chi connectivity index (χ0n) is 12.7. The van der Waals surface area contributed by atoms with Crippen LogP contribution in [-0.2, 0) is 20.4 Å². The van der Waals surface area contributed by atoms with Gasteiger partial charge in [0.15, 0.2) is 9.84 Å². The smallest absolute Gasteiger partial charge is 0.254 e. The Morgan fingerprint density at radius 3 is 2.73 bits per heavy atom. The van der Waals surface area contributed by atoms with Gasteiger partial charge in [0.1, 0.15) is 6.04 Å². The highest BCUT2D eigenvalue weighted by Crippen LogP contribution is 2.21. The molecule has 0 spiro atoms. The third-order valence-corrected chi connectivity index (χ3v) is 4.52. The van der Waals surface area contributed by atoms with Gasteiger partial charge in [-0.15, -0.1) is 0 Å². The van der Waals surface area contributed by atoms with Gasteiger partial charge in [0.2, 0.25) is 5.91 Å². The Bertz CT molecular complexity index is 685. The van der Waals surface area contributed by atoms with E-state index in [1.165, 1.54) is 0 Å². The van der Waals surface area contributed by atoms with Crippen molar-refractivity contribution in [3.05, 3.63) is 35.4 Å². The number of nitrogens with one attached hydrogen (secondary N) is 1. The van der Waals surface area contributed by atoms with Crippen molar-refractivity contribution < 1.29 is 18.0 Å². The lowest BCUT2D eigenvalue weighted by Crippen LogP contribution is -2.44. The molecule has 1 unspecified atom stereocenters. The molecule has 1 aromatic rings. The number of hydrogen-bond donors (Lipinski definition) is 1. The second-order valence-corrected chi connectivity index (χ2v) is 7.68. The van der Waals surface area contributed by atoms with E-state index in [0.717, 1.165) is 12.7 Å². The molecule has 0 bridgehead atoms. The molecule has 6 nitrogen and oxygen atoms in total. The van der Waals surface area contributed by atoms with E-state index >= 15 is 0 Å². The lowest BCUT2D eigenvalue weighted by molar-refractivity contribution is -0.124. The molecular formula is C15H20N2O4S. The van der Waals surface area contributed by atoms with Crippen LogP contribution in [0.2, 0.25) is 0 Å². The third kappa shape index (κ3) is 3.85. The number of carbonyl (C=O) groups excluding carboxylic acids is 2. The maximum atomic E-state index is 12.6. The molecule has 0 radical (unpaired) electrons. The molecule has 0 saturated carbocycles. The van der Waals surface area contributed by atoms with Crippen molar-refractivity contribution in [3.63, 3.8) is 0 Å². The topological polar surface area (TPSA) is 83.6 Å². The summed E-state index contributed by atoms with van der Waals surface area (Å²) >= 11 is 0. The number of likely N-dealkylation sites (tertiary alicyclic amines) is 1. The molecule has 1 saturated heterocycles.